The van der Waals surface area contributed by atoms with Gasteiger partial charge in [0.15, 0.2) is 5.13 Å². The van der Waals surface area contributed by atoms with Gasteiger partial charge in [-0.1, -0.05) is 35.6 Å². The molecule has 2 N–H and O–H groups in total. The molecular weight excluding hydrogens is 330 g/mol. The minimum absolute atomic E-state index is 0.294. The highest BCUT2D eigenvalue weighted by Crippen LogP contribution is 2.32. The molecule has 2 amide bonds. The maximum atomic E-state index is 12.8. The molecule has 3 aromatic rings. The number of hydrogen-bond donors (Lipinski definition) is 2. The molecule has 1 heterocycles. The minimum atomic E-state index is -1.28. The van der Waals surface area contributed by atoms with Crippen molar-refractivity contribution in [1.82, 2.24) is 10.3 Å². The number of amides is 2. The second kappa shape index (κ2) is 6.89. The van der Waals surface area contributed by atoms with Gasteiger partial charge in [-0.15, -0.1) is 0 Å². The minimum Gasteiger partial charge on any atom is -0.338 e. The highest BCUT2D eigenvalue weighted by molar-refractivity contribution is 7.85. The Hall–Kier alpha value is -2.25. The average Bonchev–Trinajstić information content (AvgIpc) is 2.97. The summed E-state index contributed by atoms with van der Waals surface area (Å²) in [5.74, 6) is 0. The van der Waals surface area contributed by atoms with E-state index in [9.17, 15) is 9.00 Å². The molecule has 0 saturated carbocycles. The first-order valence-electron chi connectivity index (χ1n) is 7.10. The van der Waals surface area contributed by atoms with E-state index in [1.165, 1.54) is 11.3 Å². The number of carbonyl (C=O) groups excluding carboxylic acids is 1. The van der Waals surface area contributed by atoms with Crippen LogP contribution in [-0.2, 0) is 10.8 Å². The Bertz CT molecular complexity index is 862. The number of fused-ring (bicyclic) bond motifs is 1. The molecule has 1 unspecified atom stereocenters. The van der Waals surface area contributed by atoms with E-state index in [1.807, 2.05) is 55.5 Å². The lowest BCUT2D eigenvalue weighted by atomic mass is 10.3. The van der Waals surface area contributed by atoms with Crippen molar-refractivity contribution in [3.05, 3.63) is 48.5 Å². The lowest BCUT2D eigenvalue weighted by Crippen LogP contribution is -2.28. The summed E-state index contributed by atoms with van der Waals surface area (Å²) in [7, 11) is -1.28. The van der Waals surface area contributed by atoms with Gasteiger partial charge in [-0.3, -0.25) is 5.32 Å². The first kappa shape index (κ1) is 15.6. The van der Waals surface area contributed by atoms with Crippen molar-refractivity contribution in [3.8, 4) is 0 Å². The van der Waals surface area contributed by atoms with Gasteiger partial charge in [-0.25, -0.2) is 14.0 Å². The van der Waals surface area contributed by atoms with Crippen LogP contribution in [0, 0.1) is 0 Å². The zero-order valence-electron chi connectivity index (χ0n) is 12.4. The second-order valence-electron chi connectivity index (χ2n) is 4.69. The SMILES string of the molecule is CCNC(=O)Nc1nc2cccc(S(=O)c3ccccc3)c2s1. The summed E-state index contributed by atoms with van der Waals surface area (Å²) in [6.07, 6.45) is 0. The number of aromatic nitrogens is 1. The Labute approximate surface area is 140 Å². The van der Waals surface area contributed by atoms with Crippen LogP contribution in [0.4, 0.5) is 9.93 Å². The Morgan fingerprint density at radius 1 is 1.17 bits per heavy atom. The van der Waals surface area contributed by atoms with Crippen LogP contribution in [0.2, 0.25) is 0 Å². The zero-order chi connectivity index (χ0) is 16.2. The van der Waals surface area contributed by atoms with Crippen molar-refractivity contribution in [3.63, 3.8) is 0 Å². The smallest absolute Gasteiger partial charge is 0.321 e. The van der Waals surface area contributed by atoms with Crippen LogP contribution in [0.15, 0.2) is 58.3 Å². The van der Waals surface area contributed by atoms with E-state index < -0.39 is 10.8 Å². The lowest BCUT2D eigenvalue weighted by Gasteiger charge is -2.02. The van der Waals surface area contributed by atoms with Crippen molar-refractivity contribution >= 4 is 43.5 Å². The van der Waals surface area contributed by atoms with Crippen LogP contribution in [0.25, 0.3) is 10.2 Å². The number of benzene rings is 2. The average molecular weight is 345 g/mol. The third kappa shape index (κ3) is 3.40. The van der Waals surface area contributed by atoms with E-state index in [0.717, 1.165) is 15.1 Å². The number of thiazole rings is 1. The van der Waals surface area contributed by atoms with Gasteiger partial charge in [0.25, 0.3) is 0 Å². The largest absolute Gasteiger partial charge is 0.338 e. The molecule has 3 rings (SSSR count). The molecule has 0 radical (unpaired) electrons. The van der Waals surface area contributed by atoms with E-state index in [2.05, 4.69) is 15.6 Å². The first-order chi connectivity index (χ1) is 11.2. The van der Waals surface area contributed by atoms with Gasteiger partial charge in [-0.05, 0) is 31.2 Å². The number of hydrogen-bond acceptors (Lipinski definition) is 4. The number of rotatable bonds is 4. The molecule has 0 aliphatic heterocycles. The number of carbonyl (C=O) groups is 1. The van der Waals surface area contributed by atoms with Crippen LogP contribution in [0.3, 0.4) is 0 Å². The van der Waals surface area contributed by atoms with Gasteiger partial charge in [0.2, 0.25) is 0 Å². The Kier molecular flexibility index (Phi) is 4.68. The summed E-state index contributed by atoms with van der Waals surface area (Å²) in [5, 5.41) is 5.84. The van der Waals surface area contributed by atoms with E-state index in [-0.39, 0.29) is 6.03 Å². The molecule has 5 nitrogen and oxygen atoms in total. The van der Waals surface area contributed by atoms with E-state index in [0.29, 0.717) is 16.6 Å². The normalized spacial score (nSPS) is 12.0. The van der Waals surface area contributed by atoms with Crippen LogP contribution in [0.5, 0.6) is 0 Å². The Morgan fingerprint density at radius 3 is 2.70 bits per heavy atom. The molecule has 7 heteroatoms. The van der Waals surface area contributed by atoms with Crippen molar-refractivity contribution in [2.75, 3.05) is 11.9 Å². The molecule has 118 valence electrons. The van der Waals surface area contributed by atoms with Crippen LogP contribution >= 0.6 is 11.3 Å². The first-order valence-corrected chi connectivity index (χ1v) is 9.07. The maximum absolute atomic E-state index is 12.8. The molecule has 0 spiro atoms. The van der Waals surface area contributed by atoms with Gasteiger partial charge < -0.3 is 5.32 Å². The molecule has 0 bridgehead atoms. The fourth-order valence-electron chi connectivity index (χ4n) is 2.10. The summed E-state index contributed by atoms with van der Waals surface area (Å²) in [6, 6.07) is 14.5. The molecule has 0 aliphatic rings. The van der Waals surface area contributed by atoms with Crippen LogP contribution in [-0.4, -0.2) is 21.8 Å². The van der Waals surface area contributed by atoms with E-state index in [4.69, 9.17) is 0 Å². The highest BCUT2D eigenvalue weighted by Gasteiger charge is 2.15. The summed E-state index contributed by atoms with van der Waals surface area (Å²) in [6.45, 7) is 2.39. The lowest BCUT2D eigenvalue weighted by molar-refractivity contribution is 0.252. The van der Waals surface area contributed by atoms with Gasteiger partial charge in [0, 0.05) is 11.4 Å². The number of nitrogens with one attached hydrogen (secondary N) is 2. The Balaban J connectivity index is 1.97. The molecule has 0 aliphatic carbocycles. The summed E-state index contributed by atoms with van der Waals surface area (Å²) in [4.78, 5) is 17.4. The number of anilines is 1. The second-order valence-corrected chi connectivity index (χ2v) is 7.14. The number of nitrogens with zero attached hydrogens (tertiary/aromatic N) is 1. The maximum Gasteiger partial charge on any atom is 0.321 e. The molecular formula is C16H15N3O2S2. The summed E-state index contributed by atoms with van der Waals surface area (Å²) < 4.78 is 13.6. The van der Waals surface area contributed by atoms with Gasteiger partial charge in [0.1, 0.15) is 0 Å². The molecule has 0 fully saturated rings. The summed E-state index contributed by atoms with van der Waals surface area (Å²) in [5.41, 5.74) is 0.726. The molecule has 1 atom stereocenters. The monoisotopic (exact) mass is 345 g/mol. The quantitative estimate of drug-likeness (QED) is 0.759. The standard InChI is InChI=1S/C16H15N3O2S2/c1-2-17-15(20)19-16-18-12-9-6-10-13(14(12)22-16)23(21)11-7-4-3-5-8-11/h3-10H,2H2,1H3,(H2,17,18,19,20). The van der Waals surface area contributed by atoms with Gasteiger partial charge >= 0.3 is 6.03 Å². The van der Waals surface area contributed by atoms with E-state index >= 15 is 0 Å². The zero-order valence-corrected chi connectivity index (χ0v) is 14.0. The molecule has 1 aromatic heterocycles. The highest BCUT2D eigenvalue weighted by atomic mass is 32.2. The topological polar surface area (TPSA) is 71.1 Å². The van der Waals surface area contributed by atoms with Gasteiger partial charge in [-0.2, -0.15) is 0 Å². The van der Waals surface area contributed by atoms with Gasteiger partial charge in [0.05, 0.1) is 25.9 Å². The van der Waals surface area contributed by atoms with E-state index in [1.54, 1.807) is 0 Å². The fourth-order valence-corrected chi connectivity index (χ4v) is 4.45. The van der Waals surface area contributed by atoms with Crippen molar-refractivity contribution in [1.29, 1.82) is 0 Å². The predicted octanol–water partition coefficient (Wildman–Crippen LogP) is 3.60. The molecule has 0 saturated heterocycles. The predicted molar refractivity (Wildman–Crippen MR) is 93.4 cm³/mol. The fraction of sp³-hybridized carbons (Fsp3) is 0.125. The third-order valence-corrected chi connectivity index (χ3v) is 5.68. The molecule has 2 aromatic carbocycles. The summed E-state index contributed by atoms with van der Waals surface area (Å²) >= 11 is 1.32. The van der Waals surface area contributed by atoms with Crippen LogP contribution in [0.1, 0.15) is 6.92 Å². The molecule has 23 heavy (non-hydrogen) atoms. The Morgan fingerprint density at radius 2 is 1.96 bits per heavy atom. The van der Waals surface area contributed by atoms with Crippen molar-refractivity contribution in [2.24, 2.45) is 0 Å². The number of urea groups is 1. The van der Waals surface area contributed by atoms with Crippen molar-refractivity contribution < 1.29 is 9.00 Å². The third-order valence-electron chi connectivity index (χ3n) is 3.09. The van der Waals surface area contributed by atoms with Crippen LogP contribution < -0.4 is 10.6 Å². The van der Waals surface area contributed by atoms with Crippen molar-refractivity contribution in [2.45, 2.75) is 16.7 Å².